The number of halogens is 1. The number of hydrogen-bond donors (Lipinski definition) is 1. The molecule has 0 atom stereocenters. The van der Waals surface area contributed by atoms with Crippen molar-refractivity contribution in [3.05, 3.63) is 52.5 Å². The minimum absolute atomic E-state index is 0.0665. The van der Waals surface area contributed by atoms with Crippen LogP contribution >= 0.6 is 11.6 Å². The summed E-state index contributed by atoms with van der Waals surface area (Å²) in [5.41, 5.74) is 1.01. The predicted molar refractivity (Wildman–Crippen MR) is 84.7 cm³/mol. The van der Waals surface area contributed by atoms with Crippen LogP contribution in [0.3, 0.4) is 0 Å². The lowest BCUT2D eigenvalue weighted by atomic mass is 10.0. The van der Waals surface area contributed by atoms with E-state index in [1.807, 2.05) is 0 Å². The standard InChI is InChI=1S/C17H14ClNO4/c18-11-2-3-13(15(6-11)23-12-7-19-8-12)17(20)10-1-4-14-16(5-10)22-9-21-14/h1-6,12,19H,7-9H2. The number of carbonyl (C=O) groups excluding carboxylic acids is 1. The Kier molecular flexibility index (Phi) is 3.59. The second kappa shape index (κ2) is 5.76. The second-order valence-electron chi connectivity index (χ2n) is 5.44. The van der Waals surface area contributed by atoms with Crippen LogP contribution < -0.4 is 19.5 Å². The van der Waals surface area contributed by atoms with Crippen molar-refractivity contribution in [2.45, 2.75) is 6.10 Å². The molecule has 0 bridgehead atoms. The van der Waals surface area contributed by atoms with Gasteiger partial charge in [-0.05, 0) is 36.4 Å². The van der Waals surface area contributed by atoms with E-state index >= 15 is 0 Å². The zero-order valence-electron chi connectivity index (χ0n) is 12.2. The Morgan fingerprint density at radius 3 is 2.74 bits per heavy atom. The summed E-state index contributed by atoms with van der Waals surface area (Å²) in [7, 11) is 0. The van der Waals surface area contributed by atoms with Crippen LogP contribution in [0.15, 0.2) is 36.4 Å². The highest BCUT2D eigenvalue weighted by molar-refractivity contribution is 6.31. The Labute approximate surface area is 138 Å². The fourth-order valence-electron chi connectivity index (χ4n) is 2.50. The molecule has 0 radical (unpaired) electrons. The van der Waals surface area contributed by atoms with Crippen molar-refractivity contribution in [1.29, 1.82) is 0 Å². The van der Waals surface area contributed by atoms with Gasteiger partial charge in [-0.2, -0.15) is 0 Å². The molecule has 2 aliphatic heterocycles. The van der Waals surface area contributed by atoms with Gasteiger partial charge in [0.2, 0.25) is 6.79 Å². The van der Waals surface area contributed by atoms with Crippen molar-refractivity contribution in [2.75, 3.05) is 19.9 Å². The molecule has 2 heterocycles. The van der Waals surface area contributed by atoms with Crippen molar-refractivity contribution in [3.8, 4) is 17.2 Å². The van der Waals surface area contributed by atoms with Crippen molar-refractivity contribution in [2.24, 2.45) is 0 Å². The van der Waals surface area contributed by atoms with Crippen LogP contribution in [0, 0.1) is 0 Å². The van der Waals surface area contributed by atoms with E-state index in [4.69, 9.17) is 25.8 Å². The van der Waals surface area contributed by atoms with E-state index < -0.39 is 0 Å². The lowest BCUT2D eigenvalue weighted by molar-refractivity contribution is 0.102. The molecule has 2 aliphatic rings. The molecule has 2 aromatic rings. The van der Waals surface area contributed by atoms with Gasteiger partial charge in [0.1, 0.15) is 11.9 Å². The van der Waals surface area contributed by atoms with E-state index in [9.17, 15) is 4.79 Å². The Bertz CT molecular complexity index is 773. The number of nitrogens with one attached hydrogen (secondary N) is 1. The van der Waals surface area contributed by atoms with E-state index in [-0.39, 0.29) is 18.7 Å². The highest BCUT2D eigenvalue weighted by Gasteiger charge is 2.23. The summed E-state index contributed by atoms with van der Waals surface area (Å²) in [4.78, 5) is 12.8. The number of fused-ring (bicyclic) bond motifs is 1. The van der Waals surface area contributed by atoms with Crippen LogP contribution in [0.1, 0.15) is 15.9 Å². The van der Waals surface area contributed by atoms with E-state index in [1.165, 1.54) is 0 Å². The Hall–Kier alpha value is -2.24. The first-order valence-corrected chi connectivity index (χ1v) is 7.70. The van der Waals surface area contributed by atoms with Gasteiger partial charge in [-0.25, -0.2) is 0 Å². The van der Waals surface area contributed by atoms with Gasteiger partial charge in [-0.3, -0.25) is 4.79 Å². The number of ketones is 1. The lowest BCUT2D eigenvalue weighted by Crippen LogP contribution is -2.50. The van der Waals surface area contributed by atoms with E-state index in [0.29, 0.717) is 33.4 Å². The monoisotopic (exact) mass is 331 g/mol. The summed E-state index contributed by atoms with van der Waals surface area (Å²) in [6.07, 6.45) is 0.0665. The maximum atomic E-state index is 12.8. The highest BCUT2D eigenvalue weighted by Crippen LogP contribution is 2.34. The molecule has 0 unspecified atom stereocenters. The average Bonchev–Trinajstić information content (AvgIpc) is 2.98. The van der Waals surface area contributed by atoms with Gasteiger partial charge in [0.15, 0.2) is 17.3 Å². The first kappa shape index (κ1) is 14.4. The molecule has 118 valence electrons. The van der Waals surface area contributed by atoms with Gasteiger partial charge in [0, 0.05) is 23.7 Å². The minimum Gasteiger partial charge on any atom is -0.487 e. The first-order chi connectivity index (χ1) is 11.2. The predicted octanol–water partition coefficient (Wildman–Crippen LogP) is 2.65. The molecule has 4 rings (SSSR count). The number of rotatable bonds is 4. The average molecular weight is 332 g/mol. The van der Waals surface area contributed by atoms with Gasteiger partial charge in [0.25, 0.3) is 0 Å². The van der Waals surface area contributed by atoms with Gasteiger partial charge in [-0.1, -0.05) is 11.6 Å². The van der Waals surface area contributed by atoms with Gasteiger partial charge >= 0.3 is 0 Å². The first-order valence-electron chi connectivity index (χ1n) is 7.32. The van der Waals surface area contributed by atoms with Crippen molar-refractivity contribution < 1.29 is 19.0 Å². The van der Waals surface area contributed by atoms with E-state index in [0.717, 1.165) is 13.1 Å². The van der Waals surface area contributed by atoms with Crippen LogP contribution in [-0.4, -0.2) is 31.8 Å². The molecule has 0 spiro atoms. The van der Waals surface area contributed by atoms with Crippen LogP contribution in [0.5, 0.6) is 17.2 Å². The molecule has 0 saturated carbocycles. The highest BCUT2D eigenvalue weighted by atomic mass is 35.5. The quantitative estimate of drug-likeness (QED) is 0.873. The summed E-state index contributed by atoms with van der Waals surface area (Å²) in [6, 6.07) is 10.2. The third-order valence-electron chi connectivity index (χ3n) is 3.86. The van der Waals surface area contributed by atoms with Gasteiger partial charge in [-0.15, -0.1) is 0 Å². The van der Waals surface area contributed by atoms with Gasteiger partial charge < -0.3 is 19.5 Å². The van der Waals surface area contributed by atoms with Crippen LogP contribution in [0.2, 0.25) is 5.02 Å². The maximum Gasteiger partial charge on any atom is 0.231 e. The van der Waals surface area contributed by atoms with Gasteiger partial charge in [0.05, 0.1) is 5.56 Å². The van der Waals surface area contributed by atoms with E-state index in [2.05, 4.69) is 5.32 Å². The number of carbonyl (C=O) groups is 1. The molecule has 0 amide bonds. The molecule has 0 aromatic heterocycles. The molecule has 1 fully saturated rings. The zero-order chi connectivity index (χ0) is 15.8. The minimum atomic E-state index is -0.137. The third-order valence-corrected chi connectivity index (χ3v) is 4.10. The fourth-order valence-corrected chi connectivity index (χ4v) is 2.66. The molecular weight excluding hydrogens is 318 g/mol. The summed E-state index contributed by atoms with van der Waals surface area (Å²) in [6.45, 7) is 1.71. The summed E-state index contributed by atoms with van der Waals surface area (Å²) >= 11 is 6.05. The fraction of sp³-hybridized carbons (Fsp3) is 0.235. The Balaban J connectivity index is 1.67. The molecule has 23 heavy (non-hydrogen) atoms. The van der Waals surface area contributed by atoms with Crippen LogP contribution in [0.25, 0.3) is 0 Å². The summed E-state index contributed by atoms with van der Waals surface area (Å²) in [5, 5.41) is 3.67. The number of benzene rings is 2. The Morgan fingerprint density at radius 2 is 1.96 bits per heavy atom. The Morgan fingerprint density at radius 1 is 1.13 bits per heavy atom. The number of ether oxygens (including phenoxy) is 3. The molecule has 2 aromatic carbocycles. The van der Waals surface area contributed by atoms with Crippen molar-refractivity contribution in [1.82, 2.24) is 5.32 Å². The largest absolute Gasteiger partial charge is 0.487 e. The smallest absolute Gasteiger partial charge is 0.231 e. The van der Waals surface area contributed by atoms with Crippen molar-refractivity contribution in [3.63, 3.8) is 0 Å². The zero-order valence-corrected chi connectivity index (χ0v) is 12.9. The second-order valence-corrected chi connectivity index (χ2v) is 5.87. The molecule has 0 aliphatic carbocycles. The molecule has 5 nitrogen and oxygen atoms in total. The normalized spacial score (nSPS) is 16.0. The van der Waals surface area contributed by atoms with Crippen LogP contribution in [0.4, 0.5) is 0 Å². The maximum absolute atomic E-state index is 12.8. The molecule has 1 N–H and O–H groups in total. The molecule has 6 heteroatoms. The summed E-state index contributed by atoms with van der Waals surface area (Å²) in [5.74, 6) is 1.60. The lowest BCUT2D eigenvalue weighted by Gasteiger charge is -2.28. The van der Waals surface area contributed by atoms with E-state index in [1.54, 1.807) is 36.4 Å². The topological polar surface area (TPSA) is 56.8 Å². The number of hydrogen-bond acceptors (Lipinski definition) is 5. The van der Waals surface area contributed by atoms with Crippen LogP contribution in [-0.2, 0) is 0 Å². The van der Waals surface area contributed by atoms with Crippen molar-refractivity contribution >= 4 is 17.4 Å². The molecular formula is C17H14ClNO4. The molecule has 1 saturated heterocycles. The SMILES string of the molecule is O=C(c1ccc2c(c1)OCO2)c1ccc(Cl)cc1OC1CNC1. The third kappa shape index (κ3) is 2.73. The summed E-state index contributed by atoms with van der Waals surface area (Å²) < 4.78 is 16.5.